The molecule has 1 aliphatic heterocycles. The number of benzene rings is 1. The summed E-state index contributed by atoms with van der Waals surface area (Å²) < 4.78 is 5.95. The zero-order valence-electron chi connectivity index (χ0n) is 16.1. The van der Waals surface area contributed by atoms with E-state index in [2.05, 4.69) is 22.1 Å². The number of carbonyl (C=O) groups is 1. The predicted octanol–water partition coefficient (Wildman–Crippen LogP) is 3.36. The SMILES string of the molecule is Cc1cc(C(=O)C2CC2)ccc1COc1cccc(N2CCNC(C)C2)n1. The van der Waals surface area contributed by atoms with Crippen molar-refractivity contribution in [3.8, 4) is 5.88 Å². The number of Topliss-reactive ketones (excluding diaryl/α,β-unsaturated/α-hetero) is 1. The average molecular weight is 365 g/mol. The number of pyridine rings is 1. The van der Waals surface area contributed by atoms with Gasteiger partial charge in [0.15, 0.2) is 5.78 Å². The molecule has 0 spiro atoms. The van der Waals surface area contributed by atoms with E-state index in [-0.39, 0.29) is 11.7 Å². The summed E-state index contributed by atoms with van der Waals surface area (Å²) in [7, 11) is 0. The topological polar surface area (TPSA) is 54.5 Å². The number of aryl methyl sites for hydroxylation is 1. The Bertz CT molecular complexity index is 832. The zero-order valence-corrected chi connectivity index (χ0v) is 16.1. The minimum Gasteiger partial charge on any atom is -0.473 e. The van der Waals surface area contributed by atoms with E-state index in [0.29, 0.717) is 18.5 Å². The summed E-state index contributed by atoms with van der Waals surface area (Å²) in [6.07, 6.45) is 2.08. The lowest BCUT2D eigenvalue weighted by Gasteiger charge is -2.32. The number of aromatic nitrogens is 1. The molecule has 1 unspecified atom stereocenters. The summed E-state index contributed by atoms with van der Waals surface area (Å²) >= 11 is 0. The Balaban J connectivity index is 1.41. The molecule has 0 amide bonds. The smallest absolute Gasteiger partial charge is 0.215 e. The molecule has 4 rings (SSSR count). The lowest BCUT2D eigenvalue weighted by molar-refractivity contribution is 0.0967. The van der Waals surface area contributed by atoms with Gasteiger partial charge >= 0.3 is 0 Å². The summed E-state index contributed by atoms with van der Waals surface area (Å²) in [5, 5.41) is 3.45. The highest BCUT2D eigenvalue weighted by Gasteiger charge is 2.30. The number of ketones is 1. The van der Waals surface area contributed by atoms with Crippen LogP contribution in [-0.4, -0.2) is 36.4 Å². The van der Waals surface area contributed by atoms with Gasteiger partial charge in [-0.3, -0.25) is 4.79 Å². The summed E-state index contributed by atoms with van der Waals surface area (Å²) in [5.41, 5.74) is 3.01. The second-order valence-corrected chi connectivity index (χ2v) is 7.70. The second kappa shape index (κ2) is 7.69. The molecule has 0 radical (unpaired) electrons. The van der Waals surface area contributed by atoms with E-state index in [1.807, 2.05) is 43.3 Å². The number of hydrogen-bond donors (Lipinski definition) is 1. The van der Waals surface area contributed by atoms with Gasteiger partial charge in [0.05, 0.1) is 0 Å². The molecule has 1 saturated carbocycles. The van der Waals surface area contributed by atoms with Gasteiger partial charge < -0.3 is 15.0 Å². The maximum absolute atomic E-state index is 12.2. The van der Waals surface area contributed by atoms with Crippen LogP contribution in [0, 0.1) is 12.8 Å². The van der Waals surface area contributed by atoms with Gasteiger partial charge in [0, 0.05) is 43.2 Å². The quantitative estimate of drug-likeness (QED) is 0.796. The maximum Gasteiger partial charge on any atom is 0.215 e. The summed E-state index contributed by atoms with van der Waals surface area (Å²) in [6, 6.07) is 12.3. The molecule has 0 bridgehead atoms. The van der Waals surface area contributed by atoms with Crippen LogP contribution in [0.2, 0.25) is 0 Å². The van der Waals surface area contributed by atoms with Gasteiger partial charge in [0.1, 0.15) is 12.4 Å². The fraction of sp³-hybridized carbons (Fsp3) is 0.455. The number of carbonyl (C=O) groups excluding carboxylic acids is 1. The number of anilines is 1. The molecule has 27 heavy (non-hydrogen) atoms. The van der Waals surface area contributed by atoms with Crippen LogP contribution < -0.4 is 15.0 Å². The molecule has 1 saturated heterocycles. The Morgan fingerprint density at radius 1 is 1.30 bits per heavy atom. The van der Waals surface area contributed by atoms with E-state index in [1.54, 1.807) is 0 Å². The standard InChI is InChI=1S/C22H27N3O2/c1-15-12-18(22(26)17-6-7-17)8-9-19(15)14-27-21-5-3-4-20(24-21)25-11-10-23-16(2)13-25/h3-5,8-9,12,16-17,23H,6-7,10-11,13-14H2,1-2H3. The van der Waals surface area contributed by atoms with Crippen molar-refractivity contribution in [3.63, 3.8) is 0 Å². The third-order valence-corrected chi connectivity index (χ3v) is 5.35. The van der Waals surface area contributed by atoms with E-state index >= 15 is 0 Å². The van der Waals surface area contributed by atoms with Crippen molar-refractivity contribution in [2.24, 2.45) is 5.92 Å². The van der Waals surface area contributed by atoms with Crippen LogP contribution in [0.3, 0.4) is 0 Å². The van der Waals surface area contributed by atoms with Gasteiger partial charge in [-0.25, -0.2) is 0 Å². The highest BCUT2D eigenvalue weighted by molar-refractivity contribution is 5.99. The molecule has 142 valence electrons. The van der Waals surface area contributed by atoms with E-state index in [0.717, 1.165) is 55.0 Å². The first-order valence-corrected chi connectivity index (χ1v) is 9.82. The van der Waals surface area contributed by atoms with Gasteiger partial charge in [-0.15, -0.1) is 0 Å². The molecule has 5 nitrogen and oxygen atoms in total. The van der Waals surface area contributed by atoms with E-state index in [1.165, 1.54) is 0 Å². The Morgan fingerprint density at radius 2 is 2.15 bits per heavy atom. The number of rotatable bonds is 6. The van der Waals surface area contributed by atoms with Crippen LogP contribution in [0.4, 0.5) is 5.82 Å². The summed E-state index contributed by atoms with van der Waals surface area (Å²) in [4.78, 5) is 19.2. The van der Waals surface area contributed by atoms with Crippen molar-refractivity contribution in [1.82, 2.24) is 10.3 Å². The van der Waals surface area contributed by atoms with Crippen molar-refractivity contribution in [2.75, 3.05) is 24.5 Å². The molecule has 2 aliphatic rings. The van der Waals surface area contributed by atoms with Gasteiger partial charge in [-0.05, 0) is 49.9 Å². The molecule has 1 aromatic carbocycles. The summed E-state index contributed by atoms with van der Waals surface area (Å²) in [6.45, 7) is 7.56. The van der Waals surface area contributed by atoms with Crippen LogP contribution in [0.15, 0.2) is 36.4 Å². The van der Waals surface area contributed by atoms with Gasteiger partial charge in [0.25, 0.3) is 0 Å². The van der Waals surface area contributed by atoms with Gasteiger partial charge in [-0.2, -0.15) is 4.98 Å². The van der Waals surface area contributed by atoms with Crippen LogP contribution in [0.25, 0.3) is 0 Å². The predicted molar refractivity (Wildman–Crippen MR) is 106 cm³/mol. The Morgan fingerprint density at radius 3 is 2.89 bits per heavy atom. The van der Waals surface area contributed by atoms with Gasteiger partial charge in [-0.1, -0.05) is 18.2 Å². The van der Waals surface area contributed by atoms with Crippen molar-refractivity contribution in [3.05, 3.63) is 53.1 Å². The molecule has 2 fully saturated rings. The first-order valence-electron chi connectivity index (χ1n) is 9.82. The molecule has 1 atom stereocenters. The maximum atomic E-state index is 12.2. The number of nitrogens with zero attached hydrogens (tertiary/aromatic N) is 2. The molecular formula is C22H27N3O2. The number of nitrogens with one attached hydrogen (secondary N) is 1. The monoisotopic (exact) mass is 365 g/mol. The lowest BCUT2D eigenvalue weighted by Crippen LogP contribution is -2.49. The Hall–Kier alpha value is -2.40. The first-order chi connectivity index (χ1) is 13.1. The molecule has 2 aromatic rings. The van der Waals surface area contributed by atoms with Crippen molar-refractivity contribution >= 4 is 11.6 Å². The largest absolute Gasteiger partial charge is 0.473 e. The van der Waals surface area contributed by atoms with Crippen LogP contribution in [0.5, 0.6) is 5.88 Å². The van der Waals surface area contributed by atoms with Crippen LogP contribution in [-0.2, 0) is 6.61 Å². The molecular weight excluding hydrogens is 338 g/mol. The third kappa shape index (κ3) is 4.30. The Labute approximate surface area is 160 Å². The molecule has 1 aromatic heterocycles. The first kappa shape index (κ1) is 18.0. The third-order valence-electron chi connectivity index (χ3n) is 5.35. The number of hydrogen-bond acceptors (Lipinski definition) is 5. The highest BCUT2D eigenvalue weighted by atomic mass is 16.5. The second-order valence-electron chi connectivity index (χ2n) is 7.70. The van der Waals surface area contributed by atoms with Crippen molar-refractivity contribution < 1.29 is 9.53 Å². The Kier molecular flexibility index (Phi) is 5.12. The van der Waals surface area contributed by atoms with Crippen LogP contribution >= 0.6 is 0 Å². The minimum atomic E-state index is 0.256. The average Bonchev–Trinajstić information content (AvgIpc) is 3.52. The molecule has 2 heterocycles. The molecule has 1 aliphatic carbocycles. The zero-order chi connectivity index (χ0) is 18.8. The molecule has 5 heteroatoms. The van der Waals surface area contributed by atoms with Crippen molar-refractivity contribution in [1.29, 1.82) is 0 Å². The van der Waals surface area contributed by atoms with E-state index in [4.69, 9.17) is 4.74 Å². The fourth-order valence-electron chi connectivity index (χ4n) is 3.54. The fourth-order valence-corrected chi connectivity index (χ4v) is 3.54. The van der Waals surface area contributed by atoms with E-state index < -0.39 is 0 Å². The number of ether oxygens (including phenoxy) is 1. The van der Waals surface area contributed by atoms with Crippen molar-refractivity contribution in [2.45, 2.75) is 39.3 Å². The number of piperazine rings is 1. The summed E-state index contributed by atoms with van der Waals surface area (Å²) in [5.74, 6) is 2.13. The van der Waals surface area contributed by atoms with Crippen LogP contribution in [0.1, 0.15) is 41.3 Å². The molecule has 1 N–H and O–H groups in total. The van der Waals surface area contributed by atoms with Gasteiger partial charge in [0.2, 0.25) is 5.88 Å². The lowest BCUT2D eigenvalue weighted by atomic mass is 10.0. The van der Waals surface area contributed by atoms with E-state index in [9.17, 15) is 4.79 Å². The highest BCUT2D eigenvalue weighted by Crippen LogP contribution is 2.33. The normalized spacial score (nSPS) is 19.8. The minimum absolute atomic E-state index is 0.256.